The maximum atomic E-state index is 4.37. The zero-order valence-electron chi connectivity index (χ0n) is 11.7. The fourth-order valence-corrected chi connectivity index (χ4v) is 2.29. The van der Waals surface area contributed by atoms with Gasteiger partial charge in [-0.3, -0.25) is 0 Å². The smallest absolute Gasteiger partial charge is 0.134 e. The van der Waals surface area contributed by atoms with Crippen LogP contribution in [0, 0.1) is 12.8 Å². The van der Waals surface area contributed by atoms with Crippen LogP contribution in [0.1, 0.15) is 45.1 Å². The Morgan fingerprint density at radius 2 is 2.06 bits per heavy atom. The minimum absolute atomic E-state index is 0.506. The van der Waals surface area contributed by atoms with E-state index in [1.807, 2.05) is 0 Å². The van der Waals surface area contributed by atoms with E-state index < -0.39 is 0 Å². The summed E-state index contributed by atoms with van der Waals surface area (Å²) in [5.41, 5.74) is 1.12. The summed E-state index contributed by atoms with van der Waals surface area (Å²) < 4.78 is 0. The van der Waals surface area contributed by atoms with Gasteiger partial charge in [-0.15, -0.1) is 0 Å². The van der Waals surface area contributed by atoms with E-state index in [0.29, 0.717) is 6.04 Å². The normalized spacial score (nSPS) is 17.1. The second-order valence-corrected chi connectivity index (χ2v) is 5.25. The van der Waals surface area contributed by atoms with Crippen LogP contribution in [-0.2, 0) is 0 Å². The molecule has 0 aliphatic heterocycles. The second-order valence-electron chi connectivity index (χ2n) is 5.25. The Hall–Kier alpha value is -1.32. The third-order valence-corrected chi connectivity index (χ3v) is 3.85. The third kappa shape index (κ3) is 2.92. The summed E-state index contributed by atoms with van der Waals surface area (Å²) in [6, 6.07) is 0.506. The highest BCUT2D eigenvalue weighted by Gasteiger charge is 2.24. The molecule has 2 N–H and O–H groups in total. The molecule has 1 heterocycles. The van der Waals surface area contributed by atoms with Crippen LogP contribution in [0.15, 0.2) is 6.33 Å². The first-order valence-electron chi connectivity index (χ1n) is 7.04. The highest BCUT2D eigenvalue weighted by molar-refractivity contribution is 5.56. The summed E-state index contributed by atoms with van der Waals surface area (Å²) in [7, 11) is 0. The zero-order chi connectivity index (χ0) is 13.0. The summed E-state index contributed by atoms with van der Waals surface area (Å²) in [6.45, 7) is 7.44. The maximum absolute atomic E-state index is 4.37. The Labute approximate surface area is 110 Å². The van der Waals surface area contributed by atoms with Gasteiger partial charge in [-0.25, -0.2) is 9.97 Å². The molecular formula is C14H24N4. The first kappa shape index (κ1) is 13.1. The SMILES string of the molecule is CCCNc1ncnc(NC(C)C2CCC2)c1C. The van der Waals surface area contributed by atoms with Gasteiger partial charge in [0.15, 0.2) is 0 Å². The van der Waals surface area contributed by atoms with Gasteiger partial charge in [0.25, 0.3) is 0 Å². The third-order valence-electron chi connectivity index (χ3n) is 3.85. The van der Waals surface area contributed by atoms with Crippen molar-refractivity contribution in [3.8, 4) is 0 Å². The fraction of sp³-hybridized carbons (Fsp3) is 0.714. The molecule has 1 aliphatic carbocycles. The predicted molar refractivity (Wildman–Crippen MR) is 76.0 cm³/mol. The highest BCUT2D eigenvalue weighted by Crippen LogP contribution is 2.31. The van der Waals surface area contributed by atoms with E-state index in [2.05, 4.69) is 41.4 Å². The van der Waals surface area contributed by atoms with Gasteiger partial charge in [0.2, 0.25) is 0 Å². The van der Waals surface area contributed by atoms with Crippen molar-refractivity contribution in [2.75, 3.05) is 17.2 Å². The number of hydrogen-bond donors (Lipinski definition) is 2. The molecule has 0 aromatic carbocycles. The molecule has 0 spiro atoms. The monoisotopic (exact) mass is 248 g/mol. The molecule has 1 aromatic heterocycles. The number of rotatable bonds is 6. The summed E-state index contributed by atoms with van der Waals surface area (Å²) >= 11 is 0. The van der Waals surface area contributed by atoms with Crippen LogP contribution in [0.5, 0.6) is 0 Å². The van der Waals surface area contributed by atoms with Crippen LogP contribution < -0.4 is 10.6 Å². The van der Waals surface area contributed by atoms with Crippen molar-refractivity contribution < 1.29 is 0 Å². The molecule has 4 nitrogen and oxygen atoms in total. The molecule has 0 bridgehead atoms. The van der Waals surface area contributed by atoms with Gasteiger partial charge >= 0.3 is 0 Å². The molecule has 1 saturated carbocycles. The Balaban J connectivity index is 2.02. The van der Waals surface area contributed by atoms with E-state index in [4.69, 9.17) is 0 Å². The van der Waals surface area contributed by atoms with Crippen LogP contribution >= 0.6 is 0 Å². The summed E-state index contributed by atoms with van der Waals surface area (Å²) in [4.78, 5) is 8.67. The van der Waals surface area contributed by atoms with Gasteiger partial charge in [0.05, 0.1) is 0 Å². The Kier molecular flexibility index (Phi) is 4.39. The average molecular weight is 248 g/mol. The van der Waals surface area contributed by atoms with Gasteiger partial charge < -0.3 is 10.6 Å². The minimum atomic E-state index is 0.506. The number of aromatic nitrogens is 2. The number of nitrogens with one attached hydrogen (secondary N) is 2. The van der Waals surface area contributed by atoms with Crippen LogP contribution in [0.3, 0.4) is 0 Å². The number of hydrogen-bond acceptors (Lipinski definition) is 4. The molecule has 1 aliphatic rings. The molecule has 4 heteroatoms. The van der Waals surface area contributed by atoms with Crippen molar-refractivity contribution in [1.82, 2.24) is 9.97 Å². The zero-order valence-corrected chi connectivity index (χ0v) is 11.7. The lowest BCUT2D eigenvalue weighted by molar-refractivity contribution is 0.285. The lowest BCUT2D eigenvalue weighted by Gasteiger charge is -2.32. The standard InChI is InChI=1S/C14H24N4/c1-4-8-15-13-10(2)14(17-9-16-13)18-11(3)12-6-5-7-12/h9,11-12H,4-8H2,1-3H3,(H2,15,16,17,18). The summed E-state index contributed by atoms with van der Waals surface area (Å²) in [5.74, 6) is 2.74. The number of nitrogens with zero attached hydrogens (tertiary/aromatic N) is 2. The lowest BCUT2D eigenvalue weighted by atomic mass is 9.80. The minimum Gasteiger partial charge on any atom is -0.370 e. The Bertz CT molecular complexity index is 387. The van der Waals surface area contributed by atoms with Gasteiger partial charge in [0.1, 0.15) is 18.0 Å². The predicted octanol–water partition coefficient (Wildman–Crippen LogP) is 3.21. The van der Waals surface area contributed by atoms with Crippen molar-refractivity contribution in [3.63, 3.8) is 0 Å². The average Bonchev–Trinajstić information content (AvgIpc) is 2.28. The van der Waals surface area contributed by atoms with E-state index in [-0.39, 0.29) is 0 Å². The first-order chi connectivity index (χ1) is 8.72. The topological polar surface area (TPSA) is 49.8 Å². The van der Waals surface area contributed by atoms with Crippen molar-refractivity contribution in [1.29, 1.82) is 0 Å². The van der Waals surface area contributed by atoms with Crippen LogP contribution in [-0.4, -0.2) is 22.6 Å². The molecule has 1 fully saturated rings. The molecule has 2 rings (SSSR count). The highest BCUT2D eigenvalue weighted by atomic mass is 15.1. The molecule has 0 amide bonds. The van der Waals surface area contributed by atoms with Gasteiger partial charge in [0, 0.05) is 18.2 Å². The molecule has 18 heavy (non-hydrogen) atoms. The van der Waals surface area contributed by atoms with E-state index >= 15 is 0 Å². The van der Waals surface area contributed by atoms with Gasteiger partial charge in [-0.1, -0.05) is 13.3 Å². The fourth-order valence-electron chi connectivity index (χ4n) is 2.29. The van der Waals surface area contributed by atoms with Crippen LogP contribution in [0.2, 0.25) is 0 Å². The van der Waals surface area contributed by atoms with Gasteiger partial charge in [-0.2, -0.15) is 0 Å². The lowest BCUT2D eigenvalue weighted by Crippen LogP contribution is -2.31. The van der Waals surface area contributed by atoms with Crippen molar-refractivity contribution >= 4 is 11.6 Å². The van der Waals surface area contributed by atoms with E-state index in [0.717, 1.165) is 36.1 Å². The molecule has 1 atom stereocenters. The molecule has 1 unspecified atom stereocenters. The quantitative estimate of drug-likeness (QED) is 0.811. The second kappa shape index (κ2) is 6.03. The van der Waals surface area contributed by atoms with Crippen molar-refractivity contribution in [2.24, 2.45) is 5.92 Å². The van der Waals surface area contributed by atoms with Crippen molar-refractivity contribution in [3.05, 3.63) is 11.9 Å². The molecule has 0 radical (unpaired) electrons. The van der Waals surface area contributed by atoms with E-state index in [1.54, 1.807) is 6.33 Å². The first-order valence-corrected chi connectivity index (χ1v) is 7.04. The summed E-state index contributed by atoms with van der Waals surface area (Å²) in [5, 5.41) is 6.88. The van der Waals surface area contributed by atoms with Crippen LogP contribution in [0.4, 0.5) is 11.6 Å². The van der Waals surface area contributed by atoms with Gasteiger partial charge in [-0.05, 0) is 39.0 Å². The molecule has 1 aromatic rings. The largest absolute Gasteiger partial charge is 0.370 e. The van der Waals surface area contributed by atoms with E-state index in [9.17, 15) is 0 Å². The maximum Gasteiger partial charge on any atom is 0.134 e. The molecule has 0 saturated heterocycles. The summed E-state index contributed by atoms with van der Waals surface area (Å²) in [6.07, 6.45) is 6.81. The van der Waals surface area contributed by atoms with Crippen molar-refractivity contribution in [2.45, 2.75) is 52.5 Å². The molecular weight excluding hydrogens is 224 g/mol. The molecule has 100 valence electrons. The Morgan fingerprint density at radius 3 is 2.67 bits per heavy atom. The number of anilines is 2. The Morgan fingerprint density at radius 1 is 1.33 bits per heavy atom. The van der Waals surface area contributed by atoms with Crippen LogP contribution in [0.25, 0.3) is 0 Å². The van der Waals surface area contributed by atoms with E-state index in [1.165, 1.54) is 19.3 Å².